The number of amides is 1. The van der Waals surface area contributed by atoms with Gasteiger partial charge >= 0.3 is 0 Å². The molecule has 1 aromatic carbocycles. The largest absolute Gasteiger partial charge is 0.334 e. The summed E-state index contributed by atoms with van der Waals surface area (Å²) in [6, 6.07) is 9.56. The van der Waals surface area contributed by atoms with Crippen LogP contribution in [0.3, 0.4) is 0 Å². The highest BCUT2D eigenvalue weighted by Crippen LogP contribution is 2.20. The van der Waals surface area contributed by atoms with Gasteiger partial charge in [-0.3, -0.25) is 14.9 Å². The zero-order valence-electron chi connectivity index (χ0n) is 15.1. The topological polar surface area (TPSA) is 153 Å². The predicted octanol–water partition coefficient (Wildman–Crippen LogP) is 2.53. The van der Waals surface area contributed by atoms with Crippen LogP contribution in [-0.2, 0) is 4.79 Å². The maximum atomic E-state index is 12.1. The number of nitrogen functional groups attached to an aromatic ring is 1. The van der Waals surface area contributed by atoms with Gasteiger partial charge in [-0.05, 0) is 24.4 Å². The van der Waals surface area contributed by atoms with E-state index in [2.05, 4.69) is 26.0 Å². The Morgan fingerprint density at radius 1 is 1.38 bits per heavy atom. The summed E-state index contributed by atoms with van der Waals surface area (Å²) in [5, 5.41) is 27.7. The number of hydrogen-bond acceptors (Lipinski definition) is 10. The second-order valence-corrected chi connectivity index (χ2v) is 7.50. The highest BCUT2D eigenvalue weighted by molar-refractivity contribution is 7.99. The number of aromatic nitrogens is 3. The first kappa shape index (κ1) is 20.3. The summed E-state index contributed by atoms with van der Waals surface area (Å²) in [6.07, 6.45) is 0. The molecule has 1 amide bonds. The number of carbonyl (C=O) groups is 1. The van der Waals surface area contributed by atoms with Crippen molar-refractivity contribution in [3.63, 3.8) is 0 Å². The number of anilines is 2. The third-order valence-corrected chi connectivity index (χ3v) is 5.46. The zero-order valence-corrected chi connectivity index (χ0v) is 16.7. The molecule has 0 spiro atoms. The first-order valence-electron chi connectivity index (χ1n) is 8.16. The molecule has 0 fully saturated rings. The second-order valence-electron chi connectivity index (χ2n) is 5.61. The van der Waals surface area contributed by atoms with E-state index in [1.807, 2.05) is 24.4 Å². The number of hydrazone groups is 1. The number of nitrogens with one attached hydrogen (secondary N) is 2. The Balaban J connectivity index is 1.56. The van der Waals surface area contributed by atoms with Crippen molar-refractivity contribution >= 4 is 52.0 Å². The first-order chi connectivity index (χ1) is 13.9. The number of nitrogens with zero attached hydrogens (tertiary/aromatic N) is 5. The fourth-order valence-electron chi connectivity index (χ4n) is 2.15. The summed E-state index contributed by atoms with van der Waals surface area (Å²) in [6.45, 7) is 1.85. The van der Waals surface area contributed by atoms with Crippen LogP contribution in [0.5, 0.6) is 0 Å². The molecule has 0 aliphatic carbocycles. The molecule has 4 N–H and O–H groups in total. The highest BCUT2D eigenvalue weighted by atomic mass is 32.2. The van der Waals surface area contributed by atoms with Crippen LogP contribution in [0, 0.1) is 10.1 Å². The van der Waals surface area contributed by atoms with Crippen LogP contribution in [-0.4, -0.2) is 37.2 Å². The third kappa shape index (κ3) is 5.30. The van der Waals surface area contributed by atoms with Crippen molar-refractivity contribution in [3.05, 3.63) is 56.8 Å². The molecule has 0 bridgehead atoms. The first-order valence-corrected chi connectivity index (χ1v) is 10.0. The molecule has 0 aliphatic rings. The van der Waals surface area contributed by atoms with E-state index in [9.17, 15) is 14.9 Å². The van der Waals surface area contributed by atoms with Gasteiger partial charge in [-0.1, -0.05) is 23.9 Å². The molecule has 11 nitrogen and oxygen atoms in total. The van der Waals surface area contributed by atoms with Crippen LogP contribution in [0.15, 0.2) is 52.0 Å². The quantitative estimate of drug-likeness (QED) is 0.161. The lowest BCUT2D eigenvalue weighted by Crippen LogP contribution is -2.17. The Labute approximate surface area is 173 Å². The molecule has 3 rings (SSSR count). The molecule has 150 valence electrons. The molecule has 29 heavy (non-hydrogen) atoms. The lowest BCUT2D eigenvalue weighted by molar-refractivity contribution is -0.384. The van der Waals surface area contributed by atoms with Crippen molar-refractivity contribution in [2.24, 2.45) is 5.10 Å². The van der Waals surface area contributed by atoms with Gasteiger partial charge in [-0.2, -0.15) is 5.10 Å². The molecule has 0 unspecified atom stereocenters. The highest BCUT2D eigenvalue weighted by Gasteiger charge is 2.13. The number of thioether (sulfide) groups is 1. The van der Waals surface area contributed by atoms with Crippen molar-refractivity contribution in [1.29, 1.82) is 0 Å². The van der Waals surface area contributed by atoms with Gasteiger partial charge in [-0.25, -0.2) is 10.1 Å². The summed E-state index contributed by atoms with van der Waals surface area (Å²) in [5.41, 5.74) is 3.75. The number of carbonyl (C=O) groups excluding carboxylic acids is 1. The molecule has 0 saturated carbocycles. The van der Waals surface area contributed by atoms with E-state index in [-0.39, 0.29) is 23.3 Å². The van der Waals surface area contributed by atoms with Gasteiger partial charge < -0.3 is 11.2 Å². The van der Waals surface area contributed by atoms with Crippen LogP contribution in [0.4, 0.5) is 17.3 Å². The fourth-order valence-corrected chi connectivity index (χ4v) is 3.48. The minimum Gasteiger partial charge on any atom is -0.334 e. The van der Waals surface area contributed by atoms with Crippen LogP contribution in [0.25, 0.3) is 0 Å². The van der Waals surface area contributed by atoms with Gasteiger partial charge in [-0.15, -0.1) is 21.5 Å². The van der Waals surface area contributed by atoms with E-state index in [1.54, 1.807) is 17.4 Å². The van der Waals surface area contributed by atoms with E-state index in [1.165, 1.54) is 22.9 Å². The molecule has 13 heteroatoms. The van der Waals surface area contributed by atoms with Gasteiger partial charge in [0.2, 0.25) is 11.1 Å². The molecular weight excluding hydrogens is 416 g/mol. The third-order valence-electron chi connectivity index (χ3n) is 3.54. The van der Waals surface area contributed by atoms with Crippen molar-refractivity contribution in [1.82, 2.24) is 14.9 Å². The predicted molar refractivity (Wildman–Crippen MR) is 113 cm³/mol. The Morgan fingerprint density at radius 3 is 2.93 bits per heavy atom. The number of thiophene rings is 1. The number of nitro groups is 1. The Kier molecular flexibility index (Phi) is 6.41. The summed E-state index contributed by atoms with van der Waals surface area (Å²) >= 11 is 2.63. The Hall–Kier alpha value is -3.45. The lowest BCUT2D eigenvalue weighted by atomic mass is 10.3. The van der Waals surface area contributed by atoms with Crippen LogP contribution >= 0.6 is 23.1 Å². The minimum atomic E-state index is -0.529. The number of nitrogens with two attached hydrogens (primary N) is 1. The van der Waals surface area contributed by atoms with Gasteiger partial charge in [0.1, 0.15) is 0 Å². The van der Waals surface area contributed by atoms with E-state index in [0.717, 1.165) is 22.4 Å². The Bertz CT molecular complexity index is 1050. The SMILES string of the molecule is C/C(=N\Nc1nnc(SCC(=O)Nc2cccc([N+](=O)[O-])c2)n1N)c1cccs1. The number of benzene rings is 1. The lowest BCUT2D eigenvalue weighted by Gasteiger charge is -2.05. The zero-order chi connectivity index (χ0) is 20.8. The second kappa shape index (κ2) is 9.16. The van der Waals surface area contributed by atoms with Gasteiger partial charge in [0, 0.05) is 22.7 Å². The summed E-state index contributed by atoms with van der Waals surface area (Å²) in [4.78, 5) is 23.4. The minimum absolute atomic E-state index is 0.00445. The maximum absolute atomic E-state index is 12.1. The van der Waals surface area contributed by atoms with Crippen LogP contribution in [0.1, 0.15) is 11.8 Å². The van der Waals surface area contributed by atoms with Gasteiger partial charge in [0.25, 0.3) is 11.6 Å². The van der Waals surface area contributed by atoms with Crippen molar-refractivity contribution in [3.8, 4) is 0 Å². The molecule has 0 saturated heterocycles. The van der Waals surface area contributed by atoms with Gasteiger partial charge in [0.05, 0.1) is 16.4 Å². The summed E-state index contributed by atoms with van der Waals surface area (Å²) < 4.78 is 1.19. The smallest absolute Gasteiger partial charge is 0.271 e. The average molecular weight is 432 g/mol. The van der Waals surface area contributed by atoms with Crippen molar-refractivity contribution in [2.75, 3.05) is 22.3 Å². The fraction of sp³-hybridized carbons (Fsp3) is 0.125. The van der Waals surface area contributed by atoms with Crippen molar-refractivity contribution in [2.45, 2.75) is 12.1 Å². The summed E-state index contributed by atoms with van der Waals surface area (Å²) in [7, 11) is 0. The number of nitro benzene ring substituents is 1. The molecular formula is C16H16N8O3S2. The number of rotatable bonds is 8. The number of hydrogen-bond donors (Lipinski definition) is 3. The monoisotopic (exact) mass is 432 g/mol. The summed E-state index contributed by atoms with van der Waals surface area (Å²) in [5.74, 6) is 5.79. The molecule has 2 aromatic heterocycles. The van der Waals surface area contributed by atoms with E-state index < -0.39 is 4.92 Å². The van der Waals surface area contributed by atoms with Crippen LogP contribution in [0.2, 0.25) is 0 Å². The van der Waals surface area contributed by atoms with Crippen LogP contribution < -0.4 is 16.6 Å². The van der Waals surface area contributed by atoms with E-state index in [4.69, 9.17) is 5.84 Å². The molecule has 0 atom stereocenters. The standard InChI is InChI=1S/C16H16N8O3S2/c1-10(13-6-3-7-28-13)19-20-15-21-22-16(23(15)17)29-9-14(25)18-11-4-2-5-12(8-11)24(26)27/h2-8H,9,17H2,1H3,(H,18,25)(H,20,21)/b19-10+. The normalized spacial score (nSPS) is 11.3. The maximum Gasteiger partial charge on any atom is 0.271 e. The molecule has 2 heterocycles. The molecule has 0 aliphatic heterocycles. The van der Waals surface area contributed by atoms with E-state index in [0.29, 0.717) is 10.8 Å². The number of non-ortho nitro benzene ring substituents is 1. The Morgan fingerprint density at radius 2 is 2.21 bits per heavy atom. The molecule has 0 radical (unpaired) electrons. The average Bonchev–Trinajstić information content (AvgIpc) is 3.35. The van der Waals surface area contributed by atoms with Crippen molar-refractivity contribution < 1.29 is 9.72 Å². The van der Waals surface area contributed by atoms with E-state index >= 15 is 0 Å². The molecule has 3 aromatic rings. The van der Waals surface area contributed by atoms with Gasteiger partial charge in [0.15, 0.2) is 0 Å².